The Morgan fingerprint density at radius 2 is 1.42 bits per heavy atom. The third-order valence-corrected chi connectivity index (χ3v) is 9.63. The molecule has 0 atom stereocenters. The first-order valence-electron chi connectivity index (χ1n) is 6.19. The summed E-state index contributed by atoms with van der Waals surface area (Å²) in [6.45, 7) is 16.8. The van der Waals surface area contributed by atoms with Crippen LogP contribution in [0.4, 0.5) is 0 Å². The van der Waals surface area contributed by atoms with Gasteiger partial charge >= 0.3 is 14.8 Å². The van der Waals surface area contributed by atoms with Crippen molar-refractivity contribution in [1.29, 1.82) is 0 Å². The van der Waals surface area contributed by atoms with Crippen LogP contribution in [-0.4, -0.2) is 42.4 Å². The summed E-state index contributed by atoms with van der Waals surface area (Å²) in [5.41, 5.74) is 0.289. The van der Waals surface area contributed by atoms with Gasteiger partial charge in [0.1, 0.15) is 0 Å². The zero-order valence-electron chi connectivity index (χ0n) is 13.0. The van der Waals surface area contributed by atoms with Gasteiger partial charge in [0, 0.05) is 5.57 Å². The number of hydrogen-bond acceptors (Lipinski definition) is 5. The van der Waals surface area contributed by atoms with Gasteiger partial charge in [-0.05, 0) is 46.2 Å². The van der Waals surface area contributed by atoms with Gasteiger partial charge in [-0.15, -0.1) is 0 Å². The van der Waals surface area contributed by atoms with Crippen molar-refractivity contribution in [3.63, 3.8) is 0 Å². The van der Waals surface area contributed by atoms with Crippen molar-refractivity contribution in [3.05, 3.63) is 12.2 Å². The molecule has 0 fully saturated rings. The molecule has 5 nitrogen and oxygen atoms in total. The van der Waals surface area contributed by atoms with Crippen LogP contribution in [0.5, 0.6) is 0 Å². The van der Waals surface area contributed by atoms with Gasteiger partial charge in [-0.1, -0.05) is 6.58 Å². The Kier molecular flexibility index (Phi) is 6.37. The van der Waals surface area contributed by atoms with Gasteiger partial charge in [0.25, 0.3) is 0 Å². The standard InChI is InChI=1S/C11H26O5Si3/c1-10(2)11(12)14-9-19(13,15-17(3,4)5)16-18(6,7)8/h13H,1,9H2,2-8H3. The van der Waals surface area contributed by atoms with E-state index >= 15 is 0 Å². The summed E-state index contributed by atoms with van der Waals surface area (Å²) < 4.78 is 16.6. The maximum absolute atomic E-state index is 11.4. The summed E-state index contributed by atoms with van der Waals surface area (Å²) in [6, 6.07) is 0. The first-order chi connectivity index (χ1) is 8.24. The number of rotatable bonds is 7. The molecule has 0 aliphatic heterocycles. The van der Waals surface area contributed by atoms with Gasteiger partial charge < -0.3 is 17.8 Å². The van der Waals surface area contributed by atoms with E-state index in [9.17, 15) is 9.59 Å². The van der Waals surface area contributed by atoms with E-state index in [-0.39, 0.29) is 11.8 Å². The van der Waals surface area contributed by atoms with Crippen molar-refractivity contribution in [2.45, 2.75) is 46.2 Å². The van der Waals surface area contributed by atoms with Crippen molar-refractivity contribution >= 4 is 31.4 Å². The van der Waals surface area contributed by atoms with Crippen LogP contribution < -0.4 is 0 Å². The van der Waals surface area contributed by atoms with Crippen LogP contribution in [-0.2, 0) is 17.8 Å². The molecule has 0 bridgehead atoms. The molecule has 0 heterocycles. The van der Waals surface area contributed by atoms with E-state index in [1.807, 2.05) is 39.3 Å². The SMILES string of the molecule is C=C(C)C(=O)OC[Si](O)(O[Si](C)(C)C)O[Si](C)(C)C. The number of hydrogen-bond donors (Lipinski definition) is 1. The molecule has 0 amide bonds. The average molecular weight is 323 g/mol. The van der Waals surface area contributed by atoms with Crippen LogP contribution in [0, 0.1) is 0 Å². The van der Waals surface area contributed by atoms with Crippen molar-refractivity contribution in [3.8, 4) is 0 Å². The quantitative estimate of drug-likeness (QED) is 0.442. The molecule has 0 aromatic rings. The van der Waals surface area contributed by atoms with E-state index in [0.29, 0.717) is 0 Å². The van der Waals surface area contributed by atoms with Gasteiger partial charge in [0.05, 0.1) is 0 Å². The second-order valence-corrected chi connectivity index (χ2v) is 18.3. The topological polar surface area (TPSA) is 65.0 Å². The molecule has 1 N–H and O–H groups in total. The lowest BCUT2D eigenvalue weighted by Gasteiger charge is -2.35. The minimum atomic E-state index is -3.49. The maximum Gasteiger partial charge on any atom is 0.517 e. The number of carbonyl (C=O) groups is 1. The largest absolute Gasteiger partial charge is 0.517 e. The first-order valence-corrected chi connectivity index (χ1v) is 15.0. The predicted octanol–water partition coefficient (Wildman–Crippen LogP) is 2.28. The number of ether oxygens (including phenoxy) is 1. The van der Waals surface area contributed by atoms with Gasteiger partial charge in [-0.3, -0.25) is 0 Å². The summed E-state index contributed by atoms with van der Waals surface area (Å²) in [7, 11) is -7.48. The Morgan fingerprint density at radius 1 is 1.05 bits per heavy atom. The minimum absolute atomic E-state index is 0.215. The summed E-state index contributed by atoms with van der Waals surface area (Å²) in [5.74, 6) is -0.538. The molecule has 0 aliphatic carbocycles. The fourth-order valence-corrected chi connectivity index (χ4v) is 10.3. The van der Waals surface area contributed by atoms with Crippen LogP contribution in [0.15, 0.2) is 12.2 Å². The molecule has 19 heavy (non-hydrogen) atoms. The van der Waals surface area contributed by atoms with E-state index in [1.165, 1.54) is 0 Å². The molecule has 0 saturated heterocycles. The molecular weight excluding hydrogens is 296 g/mol. The van der Waals surface area contributed by atoms with Crippen LogP contribution in [0.1, 0.15) is 6.92 Å². The Labute approximate surface area is 119 Å². The third-order valence-electron chi connectivity index (χ3n) is 1.67. The zero-order valence-corrected chi connectivity index (χ0v) is 16.0. The molecule has 0 aromatic heterocycles. The van der Waals surface area contributed by atoms with Crippen molar-refractivity contribution in [2.24, 2.45) is 0 Å². The Bertz CT molecular complexity index is 327. The van der Waals surface area contributed by atoms with E-state index in [1.54, 1.807) is 6.92 Å². The lowest BCUT2D eigenvalue weighted by Crippen LogP contribution is -2.58. The summed E-state index contributed by atoms with van der Waals surface area (Å²) in [6.07, 6.45) is -0.215. The summed E-state index contributed by atoms with van der Waals surface area (Å²) in [5, 5.41) is 0. The predicted molar refractivity (Wildman–Crippen MR) is 82.6 cm³/mol. The molecule has 0 spiro atoms. The second-order valence-electron chi connectivity index (χ2n) is 6.50. The van der Waals surface area contributed by atoms with E-state index in [4.69, 9.17) is 13.0 Å². The molecule has 0 unspecified atom stereocenters. The van der Waals surface area contributed by atoms with Crippen LogP contribution in [0.2, 0.25) is 39.3 Å². The monoisotopic (exact) mass is 322 g/mol. The van der Waals surface area contributed by atoms with Gasteiger partial charge in [0.15, 0.2) is 22.9 Å². The first kappa shape index (κ1) is 18.7. The van der Waals surface area contributed by atoms with Gasteiger partial charge in [-0.2, -0.15) is 0 Å². The Hall–Kier alpha value is -0.259. The van der Waals surface area contributed by atoms with E-state index < -0.39 is 31.4 Å². The van der Waals surface area contributed by atoms with Crippen LogP contribution in [0.25, 0.3) is 0 Å². The normalized spacial score (nSPS) is 13.3. The van der Waals surface area contributed by atoms with Crippen molar-refractivity contribution in [1.82, 2.24) is 0 Å². The second kappa shape index (κ2) is 6.46. The highest BCUT2D eigenvalue weighted by molar-refractivity contribution is 6.85. The number of carbonyl (C=O) groups excluding carboxylic acids is 1. The lowest BCUT2D eigenvalue weighted by molar-refractivity contribution is -0.138. The smallest absolute Gasteiger partial charge is 0.458 e. The minimum Gasteiger partial charge on any atom is -0.458 e. The highest BCUT2D eigenvalue weighted by atomic mass is 28.5. The molecular formula is C11H26O5Si3. The summed E-state index contributed by atoms with van der Waals surface area (Å²) >= 11 is 0. The van der Waals surface area contributed by atoms with Gasteiger partial charge in [-0.25, -0.2) is 4.79 Å². The molecule has 0 radical (unpaired) electrons. The highest BCUT2D eigenvalue weighted by Gasteiger charge is 2.46. The van der Waals surface area contributed by atoms with E-state index in [2.05, 4.69) is 6.58 Å². The maximum atomic E-state index is 11.4. The number of esters is 1. The molecule has 0 saturated carbocycles. The van der Waals surface area contributed by atoms with Crippen LogP contribution in [0.3, 0.4) is 0 Å². The molecule has 0 aromatic carbocycles. The fraction of sp³-hybridized carbons (Fsp3) is 0.727. The fourth-order valence-electron chi connectivity index (χ4n) is 1.32. The van der Waals surface area contributed by atoms with E-state index in [0.717, 1.165) is 0 Å². The molecule has 112 valence electrons. The van der Waals surface area contributed by atoms with Crippen molar-refractivity contribution < 1.29 is 22.6 Å². The zero-order chi connectivity index (χ0) is 15.5. The Morgan fingerprint density at radius 3 is 1.68 bits per heavy atom. The summed E-state index contributed by atoms with van der Waals surface area (Å²) in [4.78, 5) is 22.0. The van der Waals surface area contributed by atoms with Crippen LogP contribution >= 0.6 is 0 Å². The third kappa shape index (κ3) is 9.30. The average Bonchev–Trinajstić information content (AvgIpc) is 2.07. The lowest BCUT2D eigenvalue weighted by atomic mass is 10.4. The molecule has 8 heteroatoms. The van der Waals surface area contributed by atoms with Gasteiger partial charge in [0.2, 0.25) is 0 Å². The molecule has 0 aliphatic rings. The van der Waals surface area contributed by atoms with Crippen molar-refractivity contribution in [2.75, 3.05) is 6.23 Å². The molecule has 0 rings (SSSR count). The highest BCUT2D eigenvalue weighted by Crippen LogP contribution is 2.19. The Balaban J connectivity index is 4.86.